The van der Waals surface area contributed by atoms with E-state index in [0.717, 1.165) is 70.0 Å². The van der Waals surface area contributed by atoms with Crippen LogP contribution >= 0.6 is 0 Å². The second-order valence-electron chi connectivity index (χ2n) is 8.53. The van der Waals surface area contributed by atoms with E-state index in [-0.39, 0.29) is 6.03 Å². The lowest BCUT2D eigenvalue weighted by atomic mass is 9.89. The van der Waals surface area contributed by atoms with E-state index >= 15 is 0 Å². The van der Waals surface area contributed by atoms with Crippen molar-refractivity contribution in [2.75, 3.05) is 51.3 Å². The Morgan fingerprint density at radius 3 is 2.48 bits per heavy atom. The molecule has 166 valence electrons. The van der Waals surface area contributed by atoms with Crippen molar-refractivity contribution in [3.05, 3.63) is 54.2 Å². The molecule has 6 nitrogen and oxygen atoms in total. The SMILES string of the molecule is COc1ccccc1C1CCN(CCN(C(=O)N2CCCCC2)c2ccccn2)CC1. The van der Waals surface area contributed by atoms with Crippen molar-refractivity contribution < 1.29 is 9.53 Å². The summed E-state index contributed by atoms with van der Waals surface area (Å²) in [4.78, 5) is 24.1. The van der Waals surface area contributed by atoms with Gasteiger partial charge in [0.05, 0.1) is 7.11 Å². The van der Waals surface area contributed by atoms with E-state index in [0.29, 0.717) is 12.5 Å². The maximum absolute atomic E-state index is 13.3. The van der Waals surface area contributed by atoms with Gasteiger partial charge in [-0.3, -0.25) is 4.90 Å². The van der Waals surface area contributed by atoms with Gasteiger partial charge in [-0.25, -0.2) is 9.78 Å². The number of pyridine rings is 1. The number of urea groups is 1. The van der Waals surface area contributed by atoms with E-state index in [2.05, 4.69) is 28.1 Å². The molecule has 0 atom stereocenters. The number of aromatic nitrogens is 1. The summed E-state index contributed by atoms with van der Waals surface area (Å²) in [7, 11) is 1.75. The summed E-state index contributed by atoms with van der Waals surface area (Å²) in [5.41, 5.74) is 1.32. The number of hydrogen-bond donors (Lipinski definition) is 0. The molecule has 0 spiro atoms. The first-order chi connectivity index (χ1) is 15.3. The minimum atomic E-state index is 0.0994. The maximum Gasteiger partial charge on any atom is 0.325 e. The molecule has 0 saturated carbocycles. The Hall–Kier alpha value is -2.60. The molecular formula is C25H34N4O2. The molecule has 2 fully saturated rings. The van der Waals surface area contributed by atoms with Gasteiger partial charge in [0.1, 0.15) is 11.6 Å². The average Bonchev–Trinajstić information content (AvgIpc) is 2.85. The van der Waals surface area contributed by atoms with E-state index in [1.165, 1.54) is 12.0 Å². The molecule has 1 aromatic heterocycles. The number of para-hydroxylation sites is 1. The summed E-state index contributed by atoms with van der Waals surface area (Å²) in [6.45, 7) is 5.33. The number of piperidine rings is 2. The number of anilines is 1. The number of ether oxygens (including phenoxy) is 1. The predicted octanol–water partition coefficient (Wildman–Crippen LogP) is 4.38. The van der Waals surface area contributed by atoms with Gasteiger partial charge in [0, 0.05) is 32.4 Å². The molecule has 0 unspecified atom stereocenters. The molecule has 0 aliphatic carbocycles. The lowest BCUT2D eigenvalue weighted by molar-refractivity contribution is 0.187. The molecule has 1 aromatic carbocycles. The molecular weight excluding hydrogens is 388 g/mol. The molecule has 3 heterocycles. The number of carbonyl (C=O) groups is 1. The third-order valence-electron chi connectivity index (χ3n) is 6.59. The minimum absolute atomic E-state index is 0.0994. The van der Waals surface area contributed by atoms with E-state index in [9.17, 15) is 4.79 Å². The maximum atomic E-state index is 13.3. The number of hydrogen-bond acceptors (Lipinski definition) is 4. The largest absolute Gasteiger partial charge is 0.496 e. The highest BCUT2D eigenvalue weighted by atomic mass is 16.5. The van der Waals surface area contributed by atoms with Crippen LogP contribution in [0.1, 0.15) is 43.6 Å². The lowest BCUT2D eigenvalue weighted by Crippen LogP contribution is -2.49. The molecule has 2 aliphatic heterocycles. The van der Waals surface area contributed by atoms with Gasteiger partial charge in [0.25, 0.3) is 0 Å². The Morgan fingerprint density at radius 2 is 1.77 bits per heavy atom. The Bertz CT molecular complexity index is 830. The molecule has 2 aliphatic rings. The normalized spacial score (nSPS) is 18.0. The smallest absolute Gasteiger partial charge is 0.325 e. The summed E-state index contributed by atoms with van der Waals surface area (Å²) in [5.74, 6) is 2.28. The highest BCUT2D eigenvalue weighted by Crippen LogP contribution is 2.34. The van der Waals surface area contributed by atoms with Crippen molar-refractivity contribution >= 4 is 11.8 Å². The number of benzene rings is 1. The van der Waals surface area contributed by atoms with Crippen molar-refractivity contribution in [1.82, 2.24) is 14.8 Å². The molecule has 2 saturated heterocycles. The topological polar surface area (TPSA) is 48.9 Å². The Kier molecular flexibility index (Phi) is 7.41. The summed E-state index contributed by atoms with van der Waals surface area (Å²) in [6.07, 6.45) is 7.41. The molecule has 2 aromatic rings. The van der Waals surface area contributed by atoms with Crippen LogP contribution in [0.4, 0.5) is 10.6 Å². The molecule has 6 heteroatoms. The third kappa shape index (κ3) is 5.37. The van der Waals surface area contributed by atoms with Crippen molar-refractivity contribution in [3.63, 3.8) is 0 Å². The number of amides is 2. The Balaban J connectivity index is 1.36. The zero-order valence-electron chi connectivity index (χ0n) is 18.6. The summed E-state index contributed by atoms with van der Waals surface area (Å²) >= 11 is 0. The van der Waals surface area contributed by atoms with Gasteiger partial charge in [-0.1, -0.05) is 24.3 Å². The number of rotatable bonds is 6. The molecule has 0 radical (unpaired) electrons. The van der Waals surface area contributed by atoms with Crippen LogP contribution in [0.15, 0.2) is 48.7 Å². The third-order valence-corrected chi connectivity index (χ3v) is 6.59. The van der Waals surface area contributed by atoms with Crippen molar-refractivity contribution in [1.29, 1.82) is 0 Å². The van der Waals surface area contributed by atoms with Crippen LogP contribution in [0, 0.1) is 0 Å². The number of methoxy groups -OCH3 is 1. The van der Waals surface area contributed by atoms with Gasteiger partial charge >= 0.3 is 6.03 Å². The van der Waals surface area contributed by atoms with Crippen LogP contribution in [-0.4, -0.2) is 67.2 Å². The first-order valence-corrected chi connectivity index (χ1v) is 11.6. The minimum Gasteiger partial charge on any atom is -0.496 e. The monoisotopic (exact) mass is 422 g/mol. The fourth-order valence-corrected chi connectivity index (χ4v) is 4.79. The second-order valence-corrected chi connectivity index (χ2v) is 8.53. The van der Waals surface area contributed by atoms with Crippen LogP contribution in [0.2, 0.25) is 0 Å². The number of likely N-dealkylation sites (tertiary alicyclic amines) is 2. The molecule has 0 N–H and O–H groups in total. The van der Waals surface area contributed by atoms with E-state index in [1.54, 1.807) is 13.3 Å². The van der Waals surface area contributed by atoms with E-state index < -0.39 is 0 Å². The highest BCUT2D eigenvalue weighted by Gasteiger charge is 2.27. The van der Waals surface area contributed by atoms with Gasteiger partial charge in [-0.2, -0.15) is 0 Å². The first-order valence-electron chi connectivity index (χ1n) is 11.6. The van der Waals surface area contributed by atoms with E-state index in [4.69, 9.17) is 4.74 Å². The van der Waals surface area contributed by atoms with Crippen molar-refractivity contribution in [2.24, 2.45) is 0 Å². The van der Waals surface area contributed by atoms with Crippen molar-refractivity contribution in [2.45, 2.75) is 38.0 Å². The summed E-state index contributed by atoms with van der Waals surface area (Å²) in [6, 6.07) is 14.3. The first kappa shape index (κ1) is 21.6. The van der Waals surface area contributed by atoms with Gasteiger partial charge in [0.2, 0.25) is 0 Å². The molecule has 4 rings (SSSR count). The van der Waals surface area contributed by atoms with Crippen LogP contribution in [0.5, 0.6) is 5.75 Å². The second kappa shape index (κ2) is 10.6. The van der Waals surface area contributed by atoms with Crippen LogP contribution in [0.25, 0.3) is 0 Å². The predicted molar refractivity (Wildman–Crippen MR) is 124 cm³/mol. The fraction of sp³-hybridized carbons (Fsp3) is 0.520. The average molecular weight is 423 g/mol. The van der Waals surface area contributed by atoms with E-state index in [1.807, 2.05) is 34.1 Å². The van der Waals surface area contributed by atoms with Crippen LogP contribution in [0.3, 0.4) is 0 Å². The van der Waals surface area contributed by atoms with Crippen LogP contribution < -0.4 is 9.64 Å². The Morgan fingerprint density at radius 1 is 1.03 bits per heavy atom. The van der Waals surface area contributed by atoms with Crippen LogP contribution in [-0.2, 0) is 0 Å². The van der Waals surface area contributed by atoms with Crippen molar-refractivity contribution in [3.8, 4) is 5.75 Å². The zero-order chi connectivity index (χ0) is 21.5. The van der Waals surface area contributed by atoms with Gasteiger partial charge < -0.3 is 14.5 Å². The van der Waals surface area contributed by atoms with Gasteiger partial charge in [-0.15, -0.1) is 0 Å². The quantitative estimate of drug-likeness (QED) is 0.693. The fourth-order valence-electron chi connectivity index (χ4n) is 4.79. The van der Waals surface area contributed by atoms with Gasteiger partial charge in [0.15, 0.2) is 0 Å². The molecule has 31 heavy (non-hydrogen) atoms. The molecule has 0 bridgehead atoms. The summed E-state index contributed by atoms with van der Waals surface area (Å²) < 4.78 is 5.57. The van der Waals surface area contributed by atoms with Gasteiger partial charge in [-0.05, 0) is 74.9 Å². The standard InChI is InChI=1S/C25H34N4O2/c1-31-23-10-4-3-9-22(23)21-12-17-27(18-13-21)19-20-29(24-11-5-6-14-26-24)25(30)28-15-7-2-8-16-28/h3-6,9-11,14,21H,2,7-8,12-13,15-20H2,1H3. The zero-order valence-corrected chi connectivity index (χ0v) is 18.6. The Labute approximate surface area is 185 Å². The molecule has 2 amide bonds. The lowest BCUT2D eigenvalue weighted by Gasteiger charge is -2.36. The highest BCUT2D eigenvalue weighted by molar-refractivity contribution is 5.91. The summed E-state index contributed by atoms with van der Waals surface area (Å²) in [5, 5.41) is 0. The number of nitrogens with zero attached hydrogens (tertiary/aromatic N) is 4. The number of carbonyl (C=O) groups excluding carboxylic acids is 1.